The fourth-order valence-corrected chi connectivity index (χ4v) is 3.80. The molecule has 0 atom stereocenters. The van der Waals surface area contributed by atoms with Crippen LogP contribution in [0.25, 0.3) is 21.6 Å². The van der Waals surface area contributed by atoms with Crippen molar-refractivity contribution in [2.24, 2.45) is 0 Å². The molecule has 4 nitrogen and oxygen atoms in total. The van der Waals surface area contributed by atoms with Crippen LogP contribution in [-0.2, 0) is 5.41 Å². The number of nitrogen functional groups attached to an aromatic ring is 1. The molecule has 0 aliphatic heterocycles. The number of benzene rings is 1. The fraction of sp³-hybridized carbons (Fsp3) is 0.389. The predicted octanol–water partition coefficient (Wildman–Crippen LogP) is 5.16. The van der Waals surface area contributed by atoms with Crippen molar-refractivity contribution in [1.29, 1.82) is 0 Å². The summed E-state index contributed by atoms with van der Waals surface area (Å²) in [6.45, 7) is 6.64. The molecule has 2 aromatic heterocycles. The molecule has 6 heteroatoms. The SMILES string of the molecule is CC(C)(C)c1cc(C2CC2)cc2c(Cl)cc(-c3nnc(N)s3)nc12. The number of hydrogen-bond donors (Lipinski definition) is 1. The molecule has 1 saturated carbocycles. The molecule has 3 aromatic rings. The van der Waals surface area contributed by atoms with Gasteiger partial charge in [-0.2, -0.15) is 0 Å². The Kier molecular flexibility index (Phi) is 3.55. The average molecular weight is 359 g/mol. The Labute approximate surface area is 150 Å². The van der Waals surface area contributed by atoms with Crippen molar-refractivity contribution in [3.63, 3.8) is 0 Å². The molecule has 1 aliphatic rings. The van der Waals surface area contributed by atoms with Gasteiger partial charge in [0, 0.05) is 5.39 Å². The predicted molar refractivity (Wildman–Crippen MR) is 101 cm³/mol. The maximum Gasteiger partial charge on any atom is 0.203 e. The van der Waals surface area contributed by atoms with Crippen LogP contribution < -0.4 is 5.73 Å². The van der Waals surface area contributed by atoms with Crippen LogP contribution in [0.1, 0.15) is 50.7 Å². The molecule has 0 bridgehead atoms. The van der Waals surface area contributed by atoms with Crippen LogP contribution in [0.3, 0.4) is 0 Å². The van der Waals surface area contributed by atoms with Crippen molar-refractivity contribution in [2.45, 2.75) is 44.9 Å². The third kappa shape index (κ3) is 2.76. The topological polar surface area (TPSA) is 64.7 Å². The molecule has 1 aliphatic carbocycles. The lowest BCUT2D eigenvalue weighted by atomic mass is 9.83. The van der Waals surface area contributed by atoms with Gasteiger partial charge in [-0.15, -0.1) is 10.2 Å². The van der Waals surface area contributed by atoms with Gasteiger partial charge < -0.3 is 5.73 Å². The molecule has 2 heterocycles. The number of nitrogens with two attached hydrogens (primary N) is 1. The summed E-state index contributed by atoms with van der Waals surface area (Å²) in [4.78, 5) is 4.87. The van der Waals surface area contributed by atoms with Crippen LogP contribution in [0.15, 0.2) is 18.2 Å². The summed E-state index contributed by atoms with van der Waals surface area (Å²) >= 11 is 7.95. The van der Waals surface area contributed by atoms with Gasteiger partial charge in [0.1, 0.15) is 5.69 Å². The van der Waals surface area contributed by atoms with Crippen LogP contribution in [0.2, 0.25) is 5.02 Å². The zero-order valence-electron chi connectivity index (χ0n) is 13.9. The van der Waals surface area contributed by atoms with Gasteiger partial charge in [0.25, 0.3) is 0 Å². The molecule has 0 unspecified atom stereocenters. The Morgan fingerprint density at radius 2 is 1.92 bits per heavy atom. The minimum absolute atomic E-state index is 0.0156. The average Bonchev–Trinajstić information content (AvgIpc) is 3.27. The van der Waals surface area contributed by atoms with E-state index in [9.17, 15) is 0 Å². The molecule has 4 rings (SSSR count). The van der Waals surface area contributed by atoms with E-state index < -0.39 is 0 Å². The molecule has 1 aromatic carbocycles. The molecular weight excluding hydrogens is 340 g/mol. The molecule has 0 saturated heterocycles. The molecular formula is C18H19ClN4S. The number of rotatable bonds is 2. The third-order valence-electron chi connectivity index (χ3n) is 4.40. The third-order valence-corrected chi connectivity index (χ3v) is 5.49. The number of pyridine rings is 1. The maximum absolute atomic E-state index is 6.62. The lowest BCUT2D eigenvalue weighted by Gasteiger charge is -2.22. The van der Waals surface area contributed by atoms with Gasteiger partial charge in [0.05, 0.1) is 10.5 Å². The number of fused-ring (bicyclic) bond motifs is 1. The number of halogens is 1. The van der Waals surface area contributed by atoms with Gasteiger partial charge in [-0.3, -0.25) is 0 Å². The number of anilines is 1. The molecule has 124 valence electrons. The van der Waals surface area contributed by atoms with Crippen molar-refractivity contribution < 1.29 is 0 Å². The van der Waals surface area contributed by atoms with Crippen LogP contribution in [0.4, 0.5) is 5.13 Å². The zero-order valence-corrected chi connectivity index (χ0v) is 15.5. The Bertz CT molecular complexity index is 938. The van der Waals surface area contributed by atoms with E-state index in [0.29, 0.717) is 21.1 Å². The zero-order chi connectivity index (χ0) is 17.1. The molecule has 24 heavy (non-hydrogen) atoms. The van der Waals surface area contributed by atoms with Crippen molar-refractivity contribution in [3.8, 4) is 10.7 Å². The van der Waals surface area contributed by atoms with E-state index in [1.807, 2.05) is 6.07 Å². The van der Waals surface area contributed by atoms with Crippen LogP contribution >= 0.6 is 22.9 Å². The molecule has 1 fully saturated rings. The van der Waals surface area contributed by atoms with Crippen molar-refractivity contribution in [2.75, 3.05) is 5.73 Å². The highest BCUT2D eigenvalue weighted by atomic mass is 35.5. The second kappa shape index (κ2) is 5.39. The first-order valence-electron chi connectivity index (χ1n) is 8.07. The van der Waals surface area contributed by atoms with Gasteiger partial charge >= 0.3 is 0 Å². The van der Waals surface area contributed by atoms with Crippen LogP contribution in [0, 0.1) is 0 Å². The van der Waals surface area contributed by atoms with Gasteiger partial charge in [-0.25, -0.2) is 4.98 Å². The maximum atomic E-state index is 6.62. The minimum atomic E-state index is -0.0156. The molecule has 0 amide bonds. The largest absolute Gasteiger partial charge is 0.374 e. The highest BCUT2D eigenvalue weighted by Gasteiger charge is 2.28. The van der Waals surface area contributed by atoms with Gasteiger partial charge in [0.15, 0.2) is 5.01 Å². The van der Waals surface area contributed by atoms with Gasteiger partial charge in [-0.05, 0) is 47.4 Å². The highest BCUT2D eigenvalue weighted by Crippen LogP contribution is 2.44. The van der Waals surface area contributed by atoms with Crippen molar-refractivity contribution in [3.05, 3.63) is 34.3 Å². The smallest absolute Gasteiger partial charge is 0.203 e. The normalized spacial score (nSPS) is 15.2. The first-order valence-corrected chi connectivity index (χ1v) is 9.26. The molecule has 2 N–H and O–H groups in total. The Balaban J connectivity index is 2.00. The van der Waals surface area contributed by atoms with Crippen molar-refractivity contribution in [1.82, 2.24) is 15.2 Å². The minimum Gasteiger partial charge on any atom is -0.374 e. The van der Waals surface area contributed by atoms with Crippen LogP contribution in [-0.4, -0.2) is 15.2 Å². The van der Waals surface area contributed by atoms with Gasteiger partial charge in [-0.1, -0.05) is 49.8 Å². The van der Waals surface area contributed by atoms with Crippen molar-refractivity contribution >= 4 is 39.0 Å². The lowest BCUT2D eigenvalue weighted by molar-refractivity contribution is 0.594. The summed E-state index contributed by atoms with van der Waals surface area (Å²) < 4.78 is 0. The molecule has 0 spiro atoms. The summed E-state index contributed by atoms with van der Waals surface area (Å²) in [5, 5.41) is 10.8. The number of hydrogen-bond acceptors (Lipinski definition) is 5. The number of aromatic nitrogens is 3. The van der Waals surface area contributed by atoms with E-state index in [2.05, 4.69) is 43.1 Å². The Morgan fingerprint density at radius 3 is 2.50 bits per heavy atom. The number of nitrogens with zero attached hydrogens (tertiary/aromatic N) is 3. The Hall–Kier alpha value is -1.72. The Morgan fingerprint density at radius 1 is 1.17 bits per heavy atom. The summed E-state index contributed by atoms with van der Waals surface area (Å²) in [7, 11) is 0. The summed E-state index contributed by atoms with van der Waals surface area (Å²) in [5.74, 6) is 0.675. The highest BCUT2D eigenvalue weighted by molar-refractivity contribution is 7.18. The summed E-state index contributed by atoms with van der Waals surface area (Å²) in [6, 6.07) is 6.38. The second-order valence-electron chi connectivity index (χ2n) is 7.42. The molecule has 0 radical (unpaired) electrons. The van der Waals surface area contributed by atoms with E-state index in [4.69, 9.17) is 22.3 Å². The monoisotopic (exact) mass is 358 g/mol. The summed E-state index contributed by atoms with van der Waals surface area (Å²) in [6.07, 6.45) is 2.53. The first-order chi connectivity index (χ1) is 11.3. The lowest BCUT2D eigenvalue weighted by Crippen LogP contribution is -2.13. The quantitative estimate of drug-likeness (QED) is 0.686. The van der Waals surface area contributed by atoms with E-state index in [1.54, 1.807) is 0 Å². The van der Waals surface area contributed by atoms with E-state index in [0.717, 1.165) is 16.6 Å². The second-order valence-corrected chi connectivity index (χ2v) is 8.84. The summed E-state index contributed by atoms with van der Waals surface area (Å²) in [5.41, 5.74) is 9.97. The van der Waals surface area contributed by atoms with E-state index >= 15 is 0 Å². The van der Waals surface area contributed by atoms with E-state index in [1.165, 1.54) is 35.3 Å². The fourth-order valence-electron chi connectivity index (χ4n) is 2.98. The van der Waals surface area contributed by atoms with Crippen LogP contribution in [0.5, 0.6) is 0 Å². The first kappa shape index (κ1) is 15.8. The van der Waals surface area contributed by atoms with Gasteiger partial charge in [0.2, 0.25) is 5.13 Å². The van der Waals surface area contributed by atoms with E-state index in [-0.39, 0.29) is 5.41 Å². The standard InChI is InChI=1S/C18H19ClN4S/c1-18(2,3)12-7-10(9-4-5-9)6-11-13(19)8-14(21-15(11)12)16-22-23-17(20)24-16/h6-9H,4-5H2,1-3H3,(H2,20,23).